The molecule has 0 aliphatic rings. The van der Waals surface area contributed by atoms with Crippen molar-refractivity contribution in [2.75, 3.05) is 7.11 Å². The highest BCUT2D eigenvalue weighted by Gasteiger charge is 2.03. The topological polar surface area (TPSA) is 39.4 Å². The number of rotatable bonds is 3. The van der Waals surface area contributed by atoms with E-state index in [4.69, 9.17) is 9.15 Å². The molecule has 0 aliphatic heterocycles. The van der Waals surface area contributed by atoms with Crippen LogP contribution in [0.1, 0.15) is 16.7 Å². The van der Waals surface area contributed by atoms with Gasteiger partial charge in [0.2, 0.25) is 0 Å². The zero-order valence-electron chi connectivity index (χ0n) is 12.5. The van der Waals surface area contributed by atoms with Crippen molar-refractivity contribution in [3.05, 3.63) is 75.6 Å². The predicted octanol–water partition coefficient (Wildman–Crippen LogP) is 4.28. The molecule has 0 amide bonds. The smallest absolute Gasteiger partial charge is 0.336 e. The summed E-state index contributed by atoms with van der Waals surface area (Å²) in [5, 5.41) is 0.926. The van der Waals surface area contributed by atoms with Crippen LogP contribution >= 0.6 is 0 Å². The number of methoxy groups -OCH3 is 1. The van der Waals surface area contributed by atoms with Crippen molar-refractivity contribution in [3.63, 3.8) is 0 Å². The van der Waals surface area contributed by atoms with E-state index in [0.29, 0.717) is 5.58 Å². The predicted molar refractivity (Wildman–Crippen MR) is 89.1 cm³/mol. The standard InChI is InChI=1S/C19H16O3/c1-13-3-10-17-15(12-19(20)22-18(17)11-13)7-4-14-5-8-16(21-2)9-6-14/h3-12H,1-2H3/b7-4+. The second kappa shape index (κ2) is 5.90. The van der Waals surface area contributed by atoms with Crippen molar-refractivity contribution in [2.45, 2.75) is 6.92 Å². The lowest BCUT2D eigenvalue weighted by molar-refractivity contribution is 0.415. The van der Waals surface area contributed by atoms with Crippen LogP contribution in [0.4, 0.5) is 0 Å². The van der Waals surface area contributed by atoms with Gasteiger partial charge in [0, 0.05) is 11.5 Å². The van der Waals surface area contributed by atoms with E-state index >= 15 is 0 Å². The highest BCUT2D eigenvalue weighted by molar-refractivity contribution is 5.89. The van der Waals surface area contributed by atoms with E-state index in [9.17, 15) is 4.79 Å². The summed E-state index contributed by atoms with van der Waals surface area (Å²) in [4.78, 5) is 11.7. The molecule has 2 aromatic carbocycles. The van der Waals surface area contributed by atoms with Gasteiger partial charge in [0.05, 0.1) is 7.11 Å². The average molecular weight is 292 g/mol. The molecule has 1 aromatic heterocycles. The van der Waals surface area contributed by atoms with Crippen LogP contribution in [0.15, 0.2) is 57.7 Å². The van der Waals surface area contributed by atoms with Crippen molar-refractivity contribution >= 4 is 23.1 Å². The monoisotopic (exact) mass is 292 g/mol. The van der Waals surface area contributed by atoms with Crippen LogP contribution in [0.25, 0.3) is 23.1 Å². The Kier molecular flexibility index (Phi) is 3.79. The van der Waals surface area contributed by atoms with Crippen LogP contribution in [0.2, 0.25) is 0 Å². The summed E-state index contributed by atoms with van der Waals surface area (Å²) in [6, 6.07) is 15.1. The number of fused-ring (bicyclic) bond motifs is 1. The molecule has 3 nitrogen and oxygen atoms in total. The van der Waals surface area contributed by atoms with Crippen LogP contribution < -0.4 is 10.4 Å². The minimum atomic E-state index is -0.340. The van der Waals surface area contributed by atoms with Gasteiger partial charge in [-0.25, -0.2) is 4.79 Å². The molecule has 0 saturated heterocycles. The van der Waals surface area contributed by atoms with E-state index < -0.39 is 0 Å². The molecule has 0 atom stereocenters. The summed E-state index contributed by atoms with van der Waals surface area (Å²) in [5.41, 5.74) is 3.22. The van der Waals surface area contributed by atoms with Crippen LogP contribution in [0, 0.1) is 6.92 Å². The molecule has 0 unspecified atom stereocenters. The maximum absolute atomic E-state index is 11.7. The fraction of sp³-hybridized carbons (Fsp3) is 0.105. The molecule has 0 radical (unpaired) electrons. The molecule has 3 heteroatoms. The van der Waals surface area contributed by atoms with Gasteiger partial charge in [0.1, 0.15) is 11.3 Å². The Morgan fingerprint density at radius 2 is 1.77 bits per heavy atom. The van der Waals surface area contributed by atoms with Crippen LogP contribution in [-0.4, -0.2) is 7.11 Å². The van der Waals surface area contributed by atoms with E-state index in [1.54, 1.807) is 7.11 Å². The van der Waals surface area contributed by atoms with Gasteiger partial charge in [-0.15, -0.1) is 0 Å². The van der Waals surface area contributed by atoms with Crippen molar-refractivity contribution < 1.29 is 9.15 Å². The summed E-state index contributed by atoms with van der Waals surface area (Å²) in [7, 11) is 1.64. The fourth-order valence-corrected chi connectivity index (χ4v) is 2.33. The first-order valence-corrected chi connectivity index (χ1v) is 7.02. The molecule has 0 spiro atoms. The van der Waals surface area contributed by atoms with E-state index in [1.807, 2.05) is 61.5 Å². The molecule has 0 saturated carbocycles. The van der Waals surface area contributed by atoms with Crippen molar-refractivity contribution in [3.8, 4) is 5.75 Å². The van der Waals surface area contributed by atoms with Gasteiger partial charge >= 0.3 is 5.63 Å². The Morgan fingerprint density at radius 3 is 2.50 bits per heavy atom. The second-order valence-electron chi connectivity index (χ2n) is 5.13. The number of aryl methyl sites for hydroxylation is 1. The van der Waals surface area contributed by atoms with Crippen LogP contribution in [-0.2, 0) is 0 Å². The zero-order valence-corrected chi connectivity index (χ0v) is 12.5. The minimum Gasteiger partial charge on any atom is -0.497 e. The number of hydrogen-bond acceptors (Lipinski definition) is 3. The first-order chi connectivity index (χ1) is 10.7. The highest BCUT2D eigenvalue weighted by Crippen LogP contribution is 2.21. The summed E-state index contributed by atoms with van der Waals surface area (Å²) in [5.74, 6) is 0.818. The third-order valence-corrected chi connectivity index (χ3v) is 3.50. The molecule has 0 fully saturated rings. The molecular formula is C19H16O3. The highest BCUT2D eigenvalue weighted by atomic mass is 16.5. The van der Waals surface area contributed by atoms with E-state index in [0.717, 1.165) is 27.8 Å². The third kappa shape index (κ3) is 2.93. The zero-order chi connectivity index (χ0) is 15.5. The van der Waals surface area contributed by atoms with E-state index in [1.165, 1.54) is 6.07 Å². The maximum Gasteiger partial charge on any atom is 0.336 e. The lowest BCUT2D eigenvalue weighted by Crippen LogP contribution is -1.97. The lowest BCUT2D eigenvalue weighted by Gasteiger charge is -2.02. The Hall–Kier alpha value is -2.81. The Labute approximate surface area is 128 Å². The summed E-state index contributed by atoms with van der Waals surface area (Å²) >= 11 is 0. The average Bonchev–Trinajstić information content (AvgIpc) is 2.52. The van der Waals surface area contributed by atoms with Gasteiger partial charge in [-0.05, 0) is 41.8 Å². The lowest BCUT2D eigenvalue weighted by atomic mass is 10.1. The van der Waals surface area contributed by atoms with Crippen molar-refractivity contribution in [1.29, 1.82) is 0 Å². The minimum absolute atomic E-state index is 0.340. The molecule has 22 heavy (non-hydrogen) atoms. The van der Waals surface area contributed by atoms with Gasteiger partial charge in [-0.1, -0.05) is 36.4 Å². The number of benzene rings is 2. The summed E-state index contributed by atoms with van der Waals surface area (Å²) in [6.45, 7) is 1.97. The third-order valence-electron chi connectivity index (χ3n) is 3.50. The normalized spacial score (nSPS) is 11.2. The molecule has 3 rings (SSSR count). The SMILES string of the molecule is COc1ccc(/C=C/c2cc(=O)oc3cc(C)ccc23)cc1. The largest absolute Gasteiger partial charge is 0.497 e. The van der Waals surface area contributed by atoms with Gasteiger partial charge in [-0.3, -0.25) is 0 Å². The molecule has 0 bridgehead atoms. The molecule has 3 aromatic rings. The Morgan fingerprint density at radius 1 is 1.00 bits per heavy atom. The van der Waals surface area contributed by atoms with Gasteiger partial charge in [0.15, 0.2) is 0 Å². The van der Waals surface area contributed by atoms with Gasteiger partial charge in [0.25, 0.3) is 0 Å². The fourth-order valence-electron chi connectivity index (χ4n) is 2.33. The van der Waals surface area contributed by atoms with E-state index in [2.05, 4.69) is 0 Å². The molecule has 110 valence electrons. The Balaban J connectivity index is 2.02. The summed E-state index contributed by atoms with van der Waals surface area (Å²) < 4.78 is 10.4. The first-order valence-electron chi connectivity index (χ1n) is 7.02. The molecule has 0 aliphatic carbocycles. The Bertz CT molecular complexity index is 887. The van der Waals surface area contributed by atoms with E-state index in [-0.39, 0.29) is 5.63 Å². The quantitative estimate of drug-likeness (QED) is 0.676. The molecule has 1 heterocycles. The summed E-state index contributed by atoms with van der Waals surface area (Å²) in [6.07, 6.45) is 3.89. The number of ether oxygens (including phenoxy) is 1. The van der Waals surface area contributed by atoms with Crippen molar-refractivity contribution in [1.82, 2.24) is 0 Å². The first kappa shape index (κ1) is 14.1. The van der Waals surface area contributed by atoms with Crippen molar-refractivity contribution in [2.24, 2.45) is 0 Å². The maximum atomic E-state index is 11.7. The molecule has 0 N–H and O–H groups in total. The van der Waals surface area contributed by atoms with Gasteiger partial charge < -0.3 is 9.15 Å². The second-order valence-corrected chi connectivity index (χ2v) is 5.13. The van der Waals surface area contributed by atoms with Gasteiger partial charge in [-0.2, -0.15) is 0 Å². The van der Waals surface area contributed by atoms with Crippen LogP contribution in [0.5, 0.6) is 5.75 Å². The number of hydrogen-bond donors (Lipinski definition) is 0. The van der Waals surface area contributed by atoms with Crippen LogP contribution in [0.3, 0.4) is 0 Å². The molecular weight excluding hydrogens is 276 g/mol.